The summed E-state index contributed by atoms with van der Waals surface area (Å²) in [6.07, 6.45) is 0.417. The number of ether oxygens (including phenoxy) is 1. The maximum Gasteiger partial charge on any atom is 0.228 e. The van der Waals surface area contributed by atoms with Gasteiger partial charge in [-0.15, -0.1) is 11.6 Å². The third-order valence-corrected chi connectivity index (χ3v) is 2.81. The number of amides is 1. The summed E-state index contributed by atoms with van der Waals surface area (Å²) in [5.41, 5.74) is 0.860. The molecule has 1 aliphatic rings. The van der Waals surface area contributed by atoms with Crippen molar-refractivity contribution in [2.24, 2.45) is 0 Å². The molecule has 1 aliphatic heterocycles. The van der Waals surface area contributed by atoms with Gasteiger partial charge in [0.1, 0.15) is 5.75 Å². The number of benzene rings is 1. The molecule has 1 unspecified atom stereocenters. The molecule has 0 aliphatic carbocycles. The Balaban J connectivity index is 2.20. The molecule has 1 atom stereocenters. The fourth-order valence-electron chi connectivity index (χ4n) is 1.82. The number of hydrogen-bond donors (Lipinski definition) is 0. The molecule has 0 saturated carbocycles. The normalized spacial score (nSPS) is 20.2. The molecule has 2 rings (SSSR count). The van der Waals surface area contributed by atoms with Crippen molar-refractivity contribution < 1.29 is 9.53 Å². The van der Waals surface area contributed by atoms with Gasteiger partial charge in [-0.3, -0.25) is 4.79 Å². The van der Waals surface area contributed by atoms with Crippen LogP contribution in [0.2, 0.25) is 0 Å². The number of rotatable bonds is 3. The predicted octanol–water partition coefficient (Wildman–Crippen LogP) is 2.43. The lowest BCUT2D eigenvalue weighted by Crippen LogP contribution is -2.24. The Bertz CT molecular complexity index is 394. The maximum atomic E-state index is 11.7. The van der Waals surface area contributed by atoms with Crippen LogP contribution in [0.25, 0.3) is 0 Å². The zero-order valence-electron chi connectivity index (χ0n) is 9.15. The Morgan fingerprint density at radius 1 is 1.56 bits per heavy atom. The van der Waals surface area contributed by atoms with Crippen LogP contribution in [0.3, 0.4) is 0 Å². The molecule has 3 nitrogen and oxygen atoms in total. The molecule has 16 heavy (non-hydrogen) atoms. The fourth-order valence-corrected chi connectivity index (χ4v) is 2.09. The first-order chi connectivity index (χ1) is 7.70. The molecule has 1 fully saturated rings. The monoisotopic (exact) mass is 239 g/mol. The molecule has 86 valence electrons. The second-order valence-corrected chi connectivity index (χ2v) is 4.35. The van der Waals surface area contributed by atoms with Gasteiger partial charge in [0, 0.05) is 24.7 Å². The highest BCUT2D eigenvalue weighted by molar-refractivity contribution is 6.24. The summed E-state index contributed by atoms with van der Waals surface area (Å²) < 4.78 is 5.40. The van der Waals surface area contributed by atoms with Crippen molar-refractivity contribution in [1.82, 2.24) is 0 Å². The molecule has 1 saturated heterocycles. The van der Waals surface area contributed by atoms with Gasteiger partial charge in [0.15, 0.2) is 0 Å². The van der Waals surface area contributed by atoms with Crippen molar-refractivity contribution in [2.75, 3.05) is 18.1 Å². The van der Waals surface area contributed by atoms with E-state index >= 15 is 0 Å². The van der Waals surface area contributed by atoms with Gasteiger partial charge in [-0.25, -0.2) is 0 Å². The minimum absolute atomic E-state index is 0.0775. The minimum atomic E-state index is -0.0803. The Morgan fingerprint density at radius 3 is 3.00 bits per heavy atom. The van der Waals surface area contributed by atoms with E-state index in [-0.39, 0.29) is 11.3 Å². The Morgan fingerprint density at radius 2 is 2.38 bits per heavy atom. The van der Waals surface area contributed by atoms with E-state index in [0.29, 0.717) is 19.6 Å². The molecule has 1 amide bonds. The van der Waals surface area contributed by atoms with Crippen LogP contribution in [0, 0.1) is 0 Å². The van der Waals surface area contributed by atoms with Crippen molar-refractivity contribution in [3.63, 3.8) is 0 Å². The summed E-state index contributed by atoms with van der Waals surface area (Å²) in [6, 6.07) is 7.53. The third kappa shape index (κ3) is 2.30. The first-order valence-electron chi connectivity index (χ1n) is 5.38. The van der Waals surface area contributed by atoms with E-state index in [4.69, 9.17) is 16.3 Å². The molecule has 0 N–H and O–H groups in total. The Labute approximate surface area is 100.0 Å². The highest BCUT2D eigenvalue weighted by Crippen LogP contribution is 2.27. The van der Waals surface area contributed by atoms with Crippen molar-refractivity contribution in [3.8, 4) is 5.75 Å². The van der Waals surface area contributed by atoms with E-state index in [2.05, 4.69) is 0 Å². The average molecular weight is 240 g/mol. The SMILES string of the molecule is CCOc1cccc(N2CC(Cl)CC2=O)c1. The zero-order valence-corrected chi connectivity index (χ0v) is 9.91. The molecule has 4 heteroatoms. The van der Waals surface area contributed by atoms with Crippen LogP contribution in [-0.4, -0.2) is 24.4 Å². The van der Waals surface area contributed by atoms with Gasteiger partial charge in [0.2, 0.25) is 5.91 Å². The number of carbonyl (C=O) groups is 1. The van der Waals surface area contributed by atoms with Crippen LogP contribution in [0.1, 0.15) is 13.3 Å². The topological polar surface area (TPSA) is 29.5 Å². The summed E-state index contributed by atoms with van der Waals surface area (Å²) in [7, 11) is 0. The highest BCUT2D eigenvalue weighted by Gasteiger charge is 2.29. The summed E-state index contributed by atoms with van der Waals surface area (Å²) >= 11 is 5.96. The number of carbonyl (C=O) groups excluding carboxylic acids is 1. The van der Waals surface area contributed by atoms with Crippen LogP contribution in [-0.2, 0) is 4.79 Å². The number of hydrogen-bond acceptors (Lipinski definition) is 2. The van der Waals surface area contributed by atoms with Gasteiger partial charge in [-0.2, -0.15) is 0 Å². The second kappa shape index (κ2) is 4.74. The second-order valence-electron chi connectivity index (χ2n) is 3.74. The number of nitrogens with zero attached hydrogens (tertiary/aromatic N) is 1. The summed E-state index contributed by atoms with van der Waals surface area (Å²) in [4.78, 5) is 13.4. The Kier molecular flexibility index (Phi) is 3.34. The molecule has 0 spiro atoms. The van der Waals surface area contributed by atoms with Gasteiger partial charge in [0.05, 0.1) is 12.0 Å². The first kappa shape index (κ1) is 11.3. The molecule has 1 heterocycles. The van der Waals surface area contributed by atoms with Crippen LogP contribution < -0.4 is 9.64 Å². The first-order valence-corrected chi connectivity index (χ1v) is 5.81. The quantitative estimate of drug-likeness (QED) is 0.759. The number of halogens is 1. The minimum Gasteiger partial charge on any atom is -0.494 e. The molecule has 0 radical (unpaired) electrons. The molecule has 1 aromatic carbocycles. The van der Waals surface area contributed by atoms with Gasteiger partial charge in [0.25, 0.3) is 0 Å². The van der Waals surface area contributed by atoms with E-state index in [1.54, 1.807) is 4.90 Å². The largest absolute Gasteiger partial charge is 0.494 e. The smallest absolute Gasteiger partial charge is 0.228 e. The number of alkyl halides is 1. The van der Waals surface area contributed by atoms with Gasteiger partial charge < -0.3 is 9.64 Å². The number of anilines is 1. The summed E-state index contributed by atoms with van der Waals surface area (Å²) in [5.74, 6) is 0.861. The van der Waals surface area contributed by atoms with Crippen LogP contribution in [0.4, 0.5) is 5.69 Å². The van der Waals surface area contributed by atoms with Gasteiger partial charge in [-0.1, -0.05) is 6.07 Å². The standard InChI is InChI=1S/C12H14ClNO2/c1-2-16-11-5-3-4-10(7-11)14-8-9(13)6-12(14)15/h3-5,7,9H,2,6,8H2,1H3. The van der Waals surface area contributed by atoms with Crippen LogP contribution >= 0.6 is 11.6 Å². The van der Waals surface area contributed by atoms with Gasteiger partial charge in [-0.05, 0) is 19.1 Å². The van der Waals surface area contributed by atoms with Crippen LogP contribution in [0.5, 0.6) is 5.75 Å². The van der Waals surface area contributed by atoms with Crippen molar-refractivity contribution >= 4 is 23.2 Å². The van der Waals surface area contributed by atoms with Crippen LogP contribution in [0.15, 0.2) is 24.3 Å². The summed E-state index contributed by atoms with van der Waals surface area (Å²) in [5, 5.41) is -0.0803. The lowest BCUT2D eigenvalue weighted by Gasteiger charge is -2.16. The zero-order chi connectivity index (χ0) is 11.5. The van der Waals surface area contributed by atoms with Gasteiger partial charge >= 0.3 is 0 Å². The van der Waals surface area contributed by atoms with Crippen molar-refractivity contribution in [2.45, 2.75) is 18.7 Å². The predicted molar refractivity (Wildman–Crippen MR) is 64.2 cm³/mol. The van der Waals surface area contributed by atoms with Crippen molar-refractivity contribution in [1.29, 1.82) is 0 Å². The third-order valence-electron chi connectivity index (χ3n) is 2.52. The van der Waals surface area contributed by atoms with E-state index in [1.165, 1.54) is 0 Å². The molecular formula is C12H14ClNO2. The molecular weight excluding hydrogens is 226 g/mol. The fraction of sp³-hybridized carbons (Fsp3) is 0.417. The van der Waals surface area contributed by atoms with E-state index in [1.807, 2.05) is 31.2 Å². The lowest BCUT2D eigenvalue weighted by molar-refractivity contribution is -0.117. The maximum absolute atomic E-state index is 11.7. The molecule has 0 bridgehead atoms. The van der Waals surface area contributed by atoms with E-state index in [9.17, 15) is 4.79 Å². The summed E-state index contributed by atoms with van der Waals surface area (Å²) in [6.45, 7) is 3.13. The van der Waals surface area contributed by atoms with E-state index < -0.39 is 0 Å². The molecule has 0 aromatic heterocycles. The lowest BCUT2D eigenvalue weighted by atomic mass is 10.3. The van der Waals surface area contributed by atoms with Crippen molar-refractivity contribution in [3.05, 3.63) is 24.3 Å². The highest BCUT2D eigenvalue weighted by atomic mass is 35.5. The van der Waals surface area contributed by atoms with E-state index in [0.717, 1.165) is 11.4 Å². The molecule has 1 aromatic rings. The Hall–Kier alpha value is -1.22. The average Bonchev–Trinajstić information content (AvgIpc) is 2.59.